The molecule has 0 aromatic heterocycles. The van der Waals surface area contributed by atoms with Crippen LogP contribution in [0.2, 0.25) is 0 Å². The lowest BCUT2D eigenvalue weighted by atomic mass is 10.0. The molecule has 0 saturated heterocycles. The molecule has 0 aliphatic carbocycles. The highest BCUT2D eigenvalue weighted by Gasteiger charge is 2.31. The predicted octanol–water partition coefficient (Wildman–Crippen LogP) is 5.01. The largest absolute Gasteiger partial charge is 0.446 e. The summed E-state index contributed by atoms with van der Waals surface area (Å²) in [6, 6.07) is 4.42. The molecule has 0 heterocycles. The van der Waals surface area contributed by atoms with Crippen molar-refractivity contribution in [3.8, 4) is 0 Å². The van der Waals surface area contributed by atoms with Crippen LogP contribution in [0.25, 0.3) is 0 Å². The molecule has 0 saturated carbocycles. The van der Waals surface area contributed by atoms with E-state index >= 15 is 0 Å². The fourth-order valence-corrected chi connectivity index (χ4v) is 2.81. The summed E-state index contributed by atoms with van der Waals surface area (Å²) in [7, 11) is 0. The van der Waals surface area contributed by atoms with Crippen LogP contribution in [0.15, 0.2) is 23.1 Å². The molecule has 1 rings (SSSR count). The summed E-state index contributed by atoms with van der Waals surface area (Å²) in [5, 5.41) is 0.322. The average molecular weight is 362 g/mol. The van der Waals surface area contributed by atoms with Gasteiger partial charge in [0, 0.05) is 28.1 Å². The minimum Gasteiger partial charge on any atom is -0.294 e. The fourth-order valence-electron chi connectivity index (χ4n) is 1.42. The number of alkyl halides is 5. The zero-order valence-electron chi connectivity index (χ0n) is 9.06. The van der Waals surface area contributed by atoms with Crippen molar-refractivity contribution in [2.24, 2.45) is 0 Å². The highest BCUT2D eigenvalue weighted by Crippen LogP contribution is 2.40. The molecule has 0 atom stereocenters. The quantitative estimate of drug-likeness (QED) is 0.417. The van der Waals surface area contributed by atoms with Gasteiger partial charge in [-0.2, -0.15) is 13.2 Å². The number of rotatable bonds is 5. The third kappa shape index (κ3) is 4.48. The number of carbonyl (C=O) groups is 1. The second kappa shape index (κ2) is 6.82. The lowest BCUT2D eigenvalue weighted by Crippen LogP contribution is -2.08. The maximum Gasteiger partial charge on any atom is 0.446 e. The summed E-state index contributed by atoms with van der Waals surface area (Å²) in [5.41, 5.74) is -3.77. The SMILES string of the molecule is O=C(CCCl)c1c(CBr)cccc1SC(F)(F)F. The van der Waals surface area contributed by atoms with Gasteiger partial charge in [-0.05, 0) is 23.4 Å². The molecule has 0 amide bonds. The molecule has 0 N–H and O–H groups in total. The number of hydrogen-bond donors (Lipinski definition) is 0. The Morgan fingerprint density at radius 1 is 1.39 bits per heavy atom. The molecule has 0 bridgehead atoms. The maximum absolute atomic E-state index is 12.4. The first-order chi connectivity index (χ1) is 8.39. The van der Waals surface area contributed by atoms with Gasteiger partial charge in [0.25, 0.3) is 0 Å². The molecule has 0 spiro atoms. The van der Waals surface area contributed by atoms with E-state index in [-0.39, 0.29) is 40.3 Å². The number of benzene rings is 1. The molecule has 100 valence electrons. The van der Waals surface area contributed by atoms with Crippen molar-refractivity contribution in [1.82, 2.24) is 0 Å². The Kier molecular flexibility index (Phi) is 6.01. The van der Waals surface area contributed by atoms with Gasteiger partial charge in [-0.3, -0.25) is 4.79 Å². The van der Waals surface area contributed by atoms with Crippen molar-refractivity contribution in [2.45, 2.75) is 22.2 Å². The lowest BCUT2D eigenvalue weighted by molar-refractivity contribution is -0.0328. The van der Waals surface area contributed by atoms with Crippen molar-refractivity contribution in [1.29, 1.82) is 0 Å². The Morgan fingerprint density at radius 2 is 2.06 bits per heavy atom. The number of hydrogen-bond acceptors (Lipinski definition) is 2. The lowest BCUT2D eigenvalue weighted by Gasteiger charge is -2.13. The summed E-state index contributed by atoms with van der Waals surface area (Å²) >= 11 is 8.36. The first-order valence-electron chi connectivity index (χ1n) is 4.91. The summed E-state index contributed by atoms with van der Waals surface area (Å²) in [6.07, 6.45) is 0.0248. The second-order valence-corrected chi connectivity index (χ2v) is 5.38. The highest BCUT2D eigenvalue weighted by atomic mass is 79.9. The van der Waals surface area contributed by atoms with Crippen LogP contribution >= 0.6 is 39.3 Å². The number of thioether (sulfide) groups is 1. The van der Waals surface area contributed by atoms with Gasteiger partial charge in [-0.25, -0.2) is 0 Å². The molecular weight excluding hydrogens is 353 g/mol. The minimum absolute atomic E-state index is 0.0248. The van der Waals surface area contributed by atoms with E-state index in [1.807, 2.05) is 0 Å². The predicted molar refractivity (Wildman–Crippen MR) is 70.7 cm³/mol. The smallest absolute Gasteiger partial charge is 0.294 e. The van der Waals surface area contributed by atoms with Crippen LogP contribution in [0.1, 0.15) is 22.3 Å². The van der Waals surface area contributed by atoms with Crippen molar-refractivity contribution in [3.05, 3.63) is 29.3 Å². The van der Waals surface area contributed by atoms with Gasteiger partial charge < -0.3 is 0 Å². The molecule has 18 heavy (non-hydrogen) atoms. The Morgan fingerprint density at radius 3 is 2.56 bits per heavy atom. The Hall–Kier alpha value is -0.200. The molecule has 1 aromatic rings. The van der Waals surface area contributed by atoms with Crippen LogP contribution in [0.3, 0.4) is 0 Å². The maximum atomic E-state index is 12.4. The molecule has 0 radical (unpaired) electrons. The van der Waals surface area contributed by atoms with Gasteiger partial charge >= 0.3 is 5.51 Å². The number of ketones is 1. The van der Waals surface area contributed by atoms with Crippen molar-refractivity contribution < 1.29 is 18.0 Å². The van der Waals surface area contributed by atoms with Gasteiger partial charge in [0.15, 0.2) is 5.78 Å². The molecule has 0 aliphatic heterocycles. The van der Waals surface area contributed by atoms with Gasteiger partial charge in [-0.1, -0.05) is 28.1 Å². The standard InChI is InChI=1S/C11H9BrClF3OS/c12-6-7-2-1-3-9(18-11(14,15)16)10(7)8(17)4-5-13/h1-3H,4-6H2. The Labute approximate surface area is 120 Å². The molecule has 7 heteroatoms. The first-order valence-corrected chi connectivity index (χ1v) is 7.39. The third-order valence-electron chi connectivity index (χ3n) is 2.08. The van der Waals surface area contributed by atoms with Crippen LogP contribution in [0.5, 0.6) is 0 Å². The third-order valence-corrected chi connectivity index (χ3v) is 3.67. The van der Waals surface area contributed by atoms with Gasteiger partial charge in [0.2, 0.25) is 0 Å². The van der Waals surface area contributed by atoms with E-state index in [1.165, 1.54) is 12.1 Å². The summed E-state index contributed by atoms with van der Waals surface area (Å²) in [4.78, 5) is 11.8. The van der Waals surface area contributed by atoms with Gasteiger partial charge in [-0.15, -0.1) is 11.6 Å². The van der Waals surface area contributed by atoms with Crippen LogP contribution in [-0.4, -0.2) is 17.2 Å². The van der Waals surface area contributed by atoms with E-state index in [0.29, 0.717) is 10.9 Å². The topological polar surface area (TPSA) is 17.1 Å². The highest BCUT2D eigenvalue weighted by molar-refractivity contribution is 9.08. The van der Waals surface area contributed by atoms with E-state index in [9.17, 15) is 18.0 Å². The fraction of sp³-hybridized carbons (Fsp3) is 0.364. The van der Waals surface area contributed by atoms with Crippen LogP contribution in [0, 0.1) is 0 Å². The van der Waals surface area contributed by atoms with Gasteiger partial charge in [0.1, 0.15) is 0 Å². The van der Waals surface area contributed by atoms with E-state index in [2.05, 4.69) is 15.9 Å². The molecule has 0 fully saturated rings. The minimum atomic E-state index is -4.42. The molecule has 1 aromatic carbocycles. The molecule has 1 nitrogen and oxygen atoms in total. The van der Waals surface area contributed by atoms with Crippen molar-refractivity contribution >= 4 is 45.1 Å². The number of halogens is 5. The summed E-state index contributed by atoms with van der Waals surface area (Å²) < 4.78 is 37.3. The van der Waals surface area contributed by atoms with Crippen LogP contribution in [-0.2, 0) is 5.33 Å². The Balaban J connectivity index is 3.20. The number of Topliss-reactive ketones (excluding diaryl/α,β-unsaturated/α-hetero) is 1. The molecule has 0 aliphatic rings. The summed E-state index contributed by atoms with van der Waals surface area (Å²) in [5.74, 6) is -0.280. The zero-order valence-corrected chi connectivity index (χ0v) is 12.2. The van der Waals surface area contributed by atoms with Crippen LogP contribution < -0.4 is 0 Å². The number of carbonyl (C=O) groups excluding carboxylic acids is 1. The van der Waals surface area contributed by atoms with E-state index in [0.717, 1.165) is 0 Å². The summed E-state index contributed by atoms with van der Waals surface area (Å²) in [6.45, 7) is 0. The molecule has 0 unspecified atom stereocenters. The average Bonchev–Trinajstić information content (AvgIpc) is 2.26. The van der Waals surface area contributed by atoms with Crippen molar-refractivity contribution in [2.75, 3.05) is 5.88 Å². The van der Waals surface area contributed by atoms with Crippen molar-refractivity contribution in [3.63, 3.8) is 0 Å². The normalized spacial score (nSPS) is 11.6. The van der Waals surface area contributed by atoms with E-state index in [4.69, 9.17) is 11.6 Å². The monoisotopic (exact) mass is 360 g/mol. The zero-order chi connectivity index (χ0) is 13.8. The van der Waals surface area contributed by atoms with E-state index in [1.54, 1.807) is 6.07 Å². The molecular formula is C11H9BrClF3OS. The first kappa shape index (κ1) is 15.9. The Bertz CT molecular complexity index is 437. The van der Waals surface area contributed by atoms with Gasteiger partial charge in [0.05, 0.1) is 0 Å². The van der Waals surface area contributed by atoms with E-state index < -0.39 is 5.51 Å². The van der Waals surface area contributed by atoms with Crippen LogP contribution in [0.4, 0.5) is 13.2 Å². The second-order valence-electron chi connectivity index (χ2n) is 3.33.